The minimum absolute atomic E-state index is 0.216. The average Bonchev–Trinajstić information content (AvgIpc) is 3.13. The Morgan fingerprint density at radius 3 is 1.78 bits per heavy atom. The molecule has 7 unspecified atom stereocenters. The van der Waals surface area contributed by atoms with Gasteiger partial charge in [0.25, 0.3) is 0 Å². The van der Waals surface area contributed by atoms with Crippen LogP contribution in [0.2, 0.25) is 0 Å². The maximum atomic E-state index is 12.8. The number of nitrogens with one attached hydrogen (secondary N) is 1. The molecule has 1 heterocycles. The van der Waals surface area contributed by atoms with Crippen molar-refractivity contribution in [3.05, 3.63) is 72.9 Å². The van der Waals surface area contributed by atoms with Crippen LogP contribution in [0.1, 0.15) is 129 Å². The SMILES string of the molecule is CC/C=C\C/C=C\C/C=C\C/C=C\C/C=C\CCCC(=O)NC(COC1OC(CO)C(O)C(O)C1O)C(O)/C=C/CCCCCCCCCCC. The molecule has 0 aliphatic carbocycles. The number of rotatable bonds is 30. The Morgan fingerprint density at radius 2 is 1.22 bits per heavy atom. The van der Waals surface area contributed by atoms with Crippen molar-refractivity contribution in [3.8, 4) is 0 Å². The van der Waals surface area contributed by atoms with E-state index in [4.69, 9.17) is 9.47 Å². The van der Waals surface area contributed by atoms with Gasteiger partial charge in [-0.3, -0.25) is 4.79 Å². The van der Waals surface area contributed by atoms with Crippen molar-refractivity contribution in [2.45, 2.75) is 172 Å². The Labute approximate surface area is 308 Å². The molecule has 0 aromatic carbocycles. The molecule has 0 radical (unpaired) electrons. The monoisotopic (exact) mass is 718 g/mol. The summed E-state index contributed by atoms with van der Waals surface area (Å²) in [6.45, 7) is 3.57. The van der Waals surface area contributed by atoms with Crippen molar-refractivity contribution in [2.75, 3.05) is 13.2 Å². The van der Waals surface area contributed by atoms with Crippen LogP contribution in [0.5, 0.6) is 0 Å². The van der Waals surface area contributed by atoms with Gasteiger partial charge < -0.3 is 40.3 Å². The lowest BCUT2D eigenvalue weighted by molar-refractivity contribution is -0.302. The Morgan fingerprint density at radius 1 is 0.686 bits per heavy atom. The van der Waals surface area contributed by atoms with Crippen LogP contribution in [-0.2, 0) is 14.3 Å². The van der Waals surface area contributed by atoms with Crippen molar-refractivity contribution < 1.29 is 39.8 Å². The number of unbranched alkanes of at least 4 members (excludes halogenated alkanes) is 10. The molecule has 1 amide bonds. The van der Waals surface area contributed by atoms with Gasteiger partial charge in [-0.25, -0.2) is 0 Å². The van der Waals surface area contributed by atoms with Gasteiger partial charge in [0, 0.05) is 6.42 Å². The molecular weight excluding hydrogens is 646 g/mol. The third-order valence-corrected chi connectivity index (χ3v) is 8.79. The maximum absolute atomic E-state index is 12.8. The Balaban J connectivity index is 2.50. The van der Waals surface area contributed by atoms with E-state index in [1.807, 2.05) is 6.08 Å². The normalized spacial score (nSPS) is 22.8. The highest BCUT2D eigenvalue weighted by Crippen LogP contribution is 2.22. The highest BCUT2D eigenvalue weighted by Gasteiger charge is 2.44. The van der Waals surface area contributed by atoms with Gasteiger partial charge in [0.2, 0.25) is 5.91 Å². The van der Waals surface area contributed by atoms with E-state index in [0.717, 1.165) is 57.8 Å². The first kappa shape index (κ1) is 46.7. The number of ether oxygens (including phenoxy) is 2. The average molecular weight is 718 g/mol. The predicted molar refractivity (Wildman–Crippen MR) is 207 cm³/mol. The number of carbonyl (C=O) groups excluding carboxylic acids is 1. The van der Waals surface area contributed by atoms with Crippen LogP contribution in [0.25, 0.3) is 0 Å². The molecule has 0 spiro atoms. The van der Waals surface area contributed by atoms with E-state index in [1.54, 1.807) is 6.08 Å². The first-order chi connectivity index (χ1) is 24.8. The number of aliphatic hydroxyl groups is 5. The topological polar surface area (TPSA) is 149 Å². The van der Waals surface area contributed by atoms with Gasteiger partial charge in [-0.05, 0) is 57.8 Å². The molecule has 6 N–H and O–H groups in total. The van der Waals surface area contributed by atoms with E-state index in [9.17, 15) is 30.3 Å². The van der Waals surface area contributed by atoms with Gasteiger partial charge in [-0.2, -0.15) is 0 Å². The summed E-state index contributed by atoms with van der Waals surface area (Å²) in [5, 5.41) is 53.8. The van der Waals surface area contributed by atoms with Crippen LogP contribution in [0.4, 0.5) is 0 Å². The number of amides is 1. The molecule has 1 fully saturated rings. The van der Waals surface area contributed by atoms with Gasteiger partial charge in [0.05, 0.1) is 25.4 Å². The fourth-order valence-corrected chi connectivity index (χ4v) is 5.60. The molecule has 9 nitrogen and oxygen atoms in total. The van der Waals surface area contributed by atoms with E-state index < -0.39 is 49.5 Å². The van der Waals surface area contributed by atoms with Crippen LogP contribution in [0.15, 0.2) is 72.9 Å². The molecule has 51 heavy (non-hydrogen) atoms. The van der Waals surface area contributed by atoms with Crippen molar-refractivity contribution >= 4 is 5.91 Å². The maximum Gasteiger partial charge on any atom is 0.220 e. The first-order valence-electron chi connectivity index (χ1n) is 19.7. The van der Waals surface area contributed by atoms with E-state index >= 15 is 0 Å². The van der Waals surface area contributed by atoms with E-state index in [2.05, 4.69) is 79.9 Å². The smallest absolute Gasteiger partial charge is 0.220 e. The second-order valence-electron chi connectivity index (χ2n) is 13.3. The molecule has 292 valence electrons. The minimum Gasteiger partial charge on any atom is -0.394 e. The van der Waals surface area contributed by atoms with E-state index in [0.29, 0.717) is 6.42 Å². The molecule has 9 heteroatoms. The number of hydrogen-bond acceptors (Lipinski definition) is 8. The lowest BCUT2D eigenvalue weighted by Crippen LogP contribution is -2.60. The molecule has 0 aromatic heterocycles. The van der Waals surface area contributed by atoms with Crippen LogP contribution in [-0.4, -0.2) is 87.5 Å². The van der Waals surface area contributed by atoms with Gasteiger partial charge in [0.1, 0.15) is 24.4 Å². The standard InChI is InChI=1S/C42H71NO8/c1-3-5-7-9-11-13-15-16-17-18-19-20-22-24-26-28-30-32-38(46)43-35(34-50-42-41(49)40(48)39(47)37(33-44)51-42)36(45)31-29-27-25-23-21-14-12-10-8-6-4-2/h5,7,11,13,16-17,19-20,24,26,29,31,35-37,39-42,44-45,47-49H,3-4,6,8-10,12,14-15,18,21-23,25,27-28,30,32-34H2,1-2H3,(H,43,46)/b7-5-,13-11-,17-16-,20-19-,26-24-,31-29+. The van der Waals surface area contributed by atoms with Gasteiger partial charge >= 0.3 is 0 Å². The summed E-state index contributed by atoms with van der Waals surface area (Å²) in [6.07, 6.45) is 35.2. The molecule has 1 rings (SSSR count). The summed E-state index contributed by atoms with van der Waals surface area (Å²) < 4.78 is 11.1. The molecule has 0 saturated carbocycles. The summed E-state index contributed by atoms with van der Waals surface area (Å²) in [6, 6.07) is -0.835. The zero-order valence-electron chi connectivity index (χ0n) is 31.6. The molecule has 1 saturated heterocycles. The van der Waals surface area contributed by atoms with E-state index in [-0.39, 0.29) is 18.9 Å². The second kappa shape index (κ2) is 32.3. The number of aliphatic hydroxyl groups excluding tert-OH is 5. The predicted octanol–water partition coefficient (Wildman–Crippen LogP) is 7.05. The third-order valence-electron chi connectivity index (χ3n) is 8.79. The fourth-order valence-electron chi connectivity index (χ4n) is 5.60. The van der Waals surface area contributed by atoms with Crippen molar-refractivity contribution in [3.63, 3.8) is 0 Å². The van der Waals surface area contributed by atoms with Crippen LogP contribution >= 0.6 is 0 Å². The zero-order valence-corrected chi connectivity index (χ0v) is 31.6. The lowest BCUT2D eigenvalue weighted by Gasteiger charge is -2.40. The third kappa shape index (κ3) is 23.7. The van der Waals surface area contributed by atoms with Crippen molar-refractivity contribution in [1.82, 2.24) is 5.32 Å². The largest absolute Gasteiger partial charge is 0.394 e. The van der Waals surface area contributed by atoms with Gasteiger partial charge in [-0.15, -0.1) is 0 Å². The van der Waals surface area contributed by atoms with Crippen LogP contribution in [0, 0.1) is 0 Å². The van der Waals surface area contributed by atoms with E-state index in [1.165, 1.54) is 44.9 Å². The first-order valence-corrected chi connectivity index (χ1v) is 19.7. The minimum atomic E-state index is -1.58. The Hall–Kier alpha value is -2.37. The molecule has 7 atom stereocenters. The molecule has 1 aliphatic rings. The highest BCUT2D eigenvalue weighted by molar-refractivity contribution is 5.76. The second-order valence-corrected chi connectivity index (χ2v) is 13.3. The molecule has 1 aliphatic heterocycles. The van der Waals surface area contributed by atoms with Crippen LogP contribution in [0.3, 0.4) is 0 Å². The van der Waals surface area contributed by atoms with Crippen LogP contribution < -0.4 is 5.32 Å². The summed E-state index contributed by atoms with van der Waals surface area (Å²) in [5.41, 5.74) is 0. The van der Waals surface area contributed by atoms with Gasteiger partial charge in [0.15, 0.2) is 6.29 Å². The fraction of sp³-hybridized carbons (Fsp3) is 0.690. The number of hydrogen-bond donors (Lipinski definition) is 6. The molecular formula is C42H71NO8. The summed E-state index contributed by atoms with van der Waals surface area (Å²) in [4.78, 5) is 12.8. The van der Waals surface area contributed by atoms with Gasteiger partial charge in [-0.1, -0.05) is 138 Å². The number of allylic oxidation sites excluding steroid dienone is 11. The molecule has 0 bridgehead atoms. The molecule has 0 aromatic rings. The summed E-state index contributed by atoms with van der Waals surface area (Å²) in [7, 11) is 0. The Kier molecular flexibility index (Phi) is 29.5. The number of carbonyl (C=O) groups is 1. The quantitative estimate of drug-likeness (QED) is 0.0342. The summed E-state index contributed by atoms with van der Waals surface area (Å²) in [5.74, 6) is -0.240. The summed E-state index contributed by atoms with van der Waals surface area (Å²) >= 11 is 0. The Bertz CT molecular complexity index is 1020. The highest BCUT2D eigenvalue weighted by atomic mass is 16.7. The van der Waals surface area contributed by atoms with Crippen molar-refractivity contribution in [1.29, 1.82) is 0 Å². The zero-order chi connectivity index (χ0) is 37.4. The van der Waals surface area contributed by atoms with Crippen molar-refractivity contribution in [2.24, 2.45) is 0 Å². The lowest BCUT2D eigenvalue weighted by atomic mass is 9.99.